The fourth-order valence-electron chi connectivity index (χ4n) is 2.46. The standard InChI is InChI=1S/C14H22ClN5O2S/c1-2-7-23-14-19-12(15)11(16)13(20-14)18-9-3-4-10(8-9)22-6-5-17-21/h9-10H,2-8,16H2,1H3,(H,18,19,20)/t9-,10+/m0/s1. The van der Waals surface area contributed by atoms with E-state index in [2.05, 4.69) is 27.4 Å². The first kappa shape index (κ1) is 18.2. The predicted molar refractivity (Wildman–Crippen MR) is 94.1 cm³/mol. The number of aromatic nitrogens is 2. The minimum absolute atomic E-state index is 0.140. The lowest BCUT2D eigenvalue weighted by Crippen LogP contribution is -2.20. The minimum Gasteiger partial charge on any atom is -0.393 e. The Morgan fingerprint density at radius 1 is 1.48 bits per heavy atom. The van der Waals surface area contributed by atoms with Crippen molar-refractivity contribution in [2.24, 2.45) is 5.18 Å². The van der Waals surface area contributed by atoms with Crippen LogP contribution in [0.1, 0.15) is 32.6 Å². The molecule has 0 unspecified atom stereocenters. The van der Waals surface area contributed by atoms with E-state index >= 15 is 0 Å². The summed E-state index contributed by atoms with van der Waals surface area (Å²) in [5, 5.41) is 7.06. The molecule has 1 aromatic heterocycles. The van der Waals surface area contributed by atoms with Crippen molar-refractivity contribution in [3.63, 3.8) is 0 Å². The van der Waals surface area contributed by atoms with Crippen LogP contribution in [0, 0.1) is 4.91 Å². The summed E-state index contributed by atoms with van der Waals surface area (Å²) < 4.78 is 5.61. The van der Waals surface area contributed by atoms with E-state index in [-0.39, 0.29) is 23.8 Å². The molecule has 9 heteroatoms. The van der Waals surface area contributed by atoms with Crippen molar-refractivity contribution >= 4 is 34.9 Å². The summed E-state index contributed by atoms with van der Waals surface area (Å²) in [5.74, 6) is 1.52. The van der Waals surface area contributed by atoms with E-state index in [9.17, 15) is 4.91 Å². The Balaban J connectivity index is 1.94. The van der Waals surface area contributed by atoms with E-state index < -0.39 is 0 Å². The maximum Gasteiger partial charge on any atom is 0.191 e. The van der Waals surface area contributed by atoms with Gasteiger partial charge in [-0.15, -0.1) is 0 Å². The topological polar surface area (TPSA) is 102 Å². The number of ether oxygens (including phenoxy) is 1. The molecule has 0 radical (unpaired) electrons. The van der Waals surface area contributed by atoms with Gasteiger partial charge in [-0.3, -0.25) is 0 Å². The average molecular weight is 360 g/mol. The Morgan fingerprint density at radius 3 is 3.04 bits per heavy atom. The lowest BCUT2D eigenvalue weighted by Gasteiger charge is -2.16. The molecule has 2 rings (SSSR count). The first-order valence-electron chi connectivity index (χ1n) is 7.77. The Hall–Kier alpha value is -1.12. The molecule has 0 saturated heterocycles. The van der Waals surface area contributed by atoms with E-state index in [0.29, 0.717) is 23.3 Å². The van der Waals surface area contributed by atoms with Gasteiger partial charge in [0.2, 0.25) is 0 Å². The molecule has 1 aliphatic carbocycles. The highest BCUT2D eigenvalue weighted by molar-refractivity contribution is 7.99. The summed E-state index contributed by atoms with van der Waals surface area (Å²) in [6.45, 7) is 2.67. The van der Waals surface area contributed by atoms with Crippen LogP contribution < -0.4 is 11.1 Å². The van der Waals surface area contributed by atoms with Crippen LogP contribution in [-0.2, 0) is 4.74 Å². The highest BCUT2D eigenvalue weighted by atomic mass is 35.5. The maximum atomic E-state index is 10.1. The number of rotatable bonds is 9. The Morgan fingerprint density at radius 2 is 2.30 bits per heavy atom. The van der Waals surface area contributed by atoms with Crippen LogP contribution in [-0.4, -0.2) is 41.0 Å². The SMILES string of the molecule is CCCSc1nc(Cl)c(N)c(N[C@H]2CC[C@@H](OCCN=O)C2)n1. The lowest BCUT2D eigenvalue weighted by atomic mass is 10.2. The van der Waals surface area contributed by atoms with Crippen molar-refractivity contribution in [1.29, 1.82) is 0 Å². The van der Waals surface area contributed by atoms with Crippen LogP contribution in [0.3, 0.4) is 0 Å². The van der Waals surface area contributed by atoms with Crippen molar-refractivity contribution < 1.29 is 4.74 Å². The summed E-state index contributed by atoms with van der Waals surface area (Å²) in [6.07, 6.45) is 3.92. The quantitative estimate of drug-likeness (QED) is 0.229. The summed E-state index contributed by atoms with van der Waals surface area (Å²) >= 11 is 7.66. The zero-order valence-electron chi connectivity index (χ0n) is 13.1. The number of halogens is 1. The first-order chi connectivity index (χ1) is 11.1. The van der Waals surface area contributed by atoms with E-state index in [1.165, 1.54) is 0 Å². The summed E-state index contributed by atoms with van der Waals surface area (Å²) in [5.41, 5.74) is 6.36. The molecule has 0 amide bonds. The zero-order valence-corrected chi connectivity index (χ0v) is 14.7. The largest absolute Gasteiger partial charge is 0.393 e. The Bertz CT molecular complexity index is 534. The van der Waals surface area contributed by atoms with Crippen LogP contribution >= 0.6 is 23.4 Å². The Labute approximate surface area is 145 Å². The highest BCUT2D eigenvalue weighted by Crippen LogP contribution is 2.31. The minimum atomic E-state index is 0.140. The molecule has 2 atom stereocenters. The number of nitrogens with two attached hydrogens (primary N) is 1. The lowest BCUT2D eigenvalue weighted by molar-refractivity contribution is 0.0637. The van der Waals surface area contributed by atoms with E-state index in [4.69, 9.17) is 22.1 Å². The van der Waals surface area contributed by atoms with Crippen LogP contribution in [0.4, 0.5) is 11.5 Å². The maximum absolute atomic E-state index is 10.1. The molecular formula is C14H22ClN5O2S. The second-order valence-electron chi connectivity index (χ2n) is 5.41. The summed E-state index contributed by atoms with van der Waals surface area (Å²) in [6, 6.07) is 0.224. The van der Waals surface area contributed by atoms with Gasteiger partial charge in [-0.05, 0) is 25.7 Å². The number of nitroso groups, excluding NO2 is 1. The third-order valence-corrected chi connectivity index (χ3v) is 4.92. The highest BCUT2D eigenvalue weighted by Gasteiger charge is 2.26. The molecule has 7 nitrogen and oxygen atoms in total. The molecule has 1 aromatic rings. The number of hydrogen-bond acceptors (Lipinski definition) is 8. The number of thioether (sulfide) groups is 1. The number of nitrogen functional groups attached to an aromatic ring is 1. The third kappa shape index (κ3) is 5.47. The molecular weight excluding hydrogens is 338 g/mol. The first-order valence-corrected chi connectivity index (χ1v) is 9.13. The molecule has 0 aliphatic heterocycles. The molecule has 0 aromatic carbocycles. The van der Waals surface area contributed by atoms with Crippen molar-refractivity contribution in [3.05, 3.63) is 10.1 Å². The van der Waals surface area contributed by atoms with Gasteiger partial charge in [0.1, 0.15) is 12.2 Å². The second-order valence-corrected chi connectivity index (χ2v) is 6.83. The van der Waals surface area contributed by atoms with Crippen LogP contribution in [0.25, 0.3) is 0 Å². The van der Waals surface area contributed by atoms with Gasteiger partial charge in [0.05, 0.1) is 12.7 Å². The van der Waals surface area contributed by atoms with Gasteiger partial charge in [0, 0.05) is 11.8 Å². The van der Waals surface area contributed by atoms with Gasteiger partial charge >= 0.3 is 0 Å². The van der Waals surface area contributed by atoms with Crippen molar-refractivity contribution in [2.45, 2.75) is 49.9 Å². The van der Waals surface area contributed by atoms with Gasteiger partial charge in [0.25, 0.3) is 0 Å². The Kier molecular flexibility index (Phi) is 7.32. The normalized spacial score (nSPS) is 20.6. The smallest absolute Gasteiger partial charge is 0.191 e. The summed E-state index contributed by atoms with van der Waals surface area (Å²) in [4.78, 5) is 18.7. The van der Waals surface area contributed by atoms with Gasteiger partial charge in [-0.2, -0.15) is 4.91 Å². The fourth-order valence-corrected chi connectivity index (χ4v) is 3.38. The van der Waals surface area contributed by atoms with Crippen LogP contribution in [0.15, 0.2) is 10.3 Å². The van der Waals surface area contributed by atoms with Gasteiger partial charge in [-0.1, -0.05) is 35.5 Å². The molecule has 128 valence electrons. The molecule has 1 heterocycles. The van der Waals surface area contributed by atoms with Crippen molar-refractivity contribution in [2.75, 3.05) is 30.0 Å². The predicted octanol–water partition coefficient (Wildman–Crippen LogP) is 3.33. The van der Waals surface area contributed by atoms with Gasteiger partial charge in [0.15, 0.2) is 16.1 Å². The van der Waals surface area contributed by atoms with Crippen molar-refractivity contribution in [1.82, 2.24) is 9.97 Å². The van der Waals surface area contributed by atoms with E-state index in [1.54, 1.807) is 11.8 Å². The number of nitrogens with one attached hydrogen (secondary N) is 1. The number of nitrogens with zero attached hydrogens (tertiary/aromatic N) is 3. The van der Waals surface area contributed by atoms with Gasteiger partial charge in [-0.25, -0.2) is 9.97 Å². The zero-order chi connectivity index (χ0) is 16.7. The van der Waals surface area contributed by atoms with Crippen LogP contribution in [0.5, 0.6) is 0 Å². The molecule has 0 spiro atoms. The molecule has 1 fully saturated rings. The average Bonchev–Trinajstić information content (AvgIpc) is 2.97. The van der Waals surface area contributed by atoms with Gasteiger partial charge < -0.3 is 15.8 Å². The molecule has 0 bridgehead atoms. The van der Waals surface area contributed by atoms with Crippen LogP contribution in [0.2, 0.25) is 5.15 Å². The molecule has 1 saturated carbocycles. The molecule has 1 aliphatic rings. The number of anilines is 2. The molecule has 23 heavy (non-hydrogen) atoms. The third-order valence-electron chi connectivity index (χ3n) is 3.58. The van der Waals surface area contributed by atoms with E-state index in [0.717, 1.165) is 31.4 Å². The fraction of sp³-hybridized carbons (Fsp3) is 0.714. The second kappa shape index (κ2) is 9.24. The monoisotopic (exact) mass is 359 g/mol. The van der Waals surface area contributed by atoms with E-state index in [1.807, 2.05) is 0 Å². The van der Waals surface area contributed by atoms with Crippen molar-refractivity contribution in [3.8, 4) is 0 Å². The summed E-state index contributed by atoms with van der Waals surface area (Å²) in [7, 11) is 0. The number of hydrogen-bond donors (Lipinski definition) is 2. The molecule has 3 N–H and O–H groups in total.